The zero-order chi connectivity index (χ0) is 15.7. The van der Waals surface area contributed by atoms with Gasteiger partial charge in [-0.3, -0.25) is 14.3 Å². The quantitative estimate of drug-likeness (QED) is 0.556. The monoisotopic (exact) mass is 333 g/mol. The van der Waals surface area contributed by atoms with Gasteiger partial charge >= 0.3 is 0 Å². The van der Waals surface area contributed by atoms with Gasteiger partial charge in [0.05, 0.1) is 24.5 Å². The Morgan fingerprint density at radius 2 is 2.23 bits per heavy atom. The van der Waals surface area contributed by atoms with Crippen LogP contribution in [0.1, 0.15) is 19.8 Å². The molecular weight excluding hydrogens is 310 g/mol. The van der Waals surface area contributed by atoms with Crippen molar-refractivity contribution in [3.05, 3.63) is 12.4 Å². The summed E-state index contributed by atoms with van der Waals surface area (Å²) < 4.78 is 6.28. The molecule has 0 radical (unpaired) electrons. The minimum atomic E-state index is -0.532. The molecule has 2 amide bonds. The minimum absolute atomic E-state index is 0. The molecule has 22 heavy (non-hydrogen) atoms. The van der Waals surface area contributed by atoms with E-state index >= 15 is 0 Å². The number of hydrogen-bond acceptors (Lipinski definition) is 5. The van der Waals surface area contributed by atoms with E-state index < -0.39 is 6.04 Å². The third kappa shape index (κ3) is 7.39. The van der Waals surface area contributed by atoms with Gasteiger partial charge in [-0.1, -0.05) is 13.3 Å². The van der Waals surface area contributed by atoms with E-state index in [1.54, 1.807) is 13.3 Å². The number of halogens is 1. The van der Waals surface area contributed by atoms with Crippen LogP contribution in [0.15, 0.2) is 12.4 Å². The first kappa shape index (κ1) is 20.4. The third-order valence-corrected chi connectivity index (χ3v) is 2.77. The first-order valence-electron chi connectivity index (χ1n) is 6.91. The topological polar surface area (TPSA) is 111 Å². The van der Waals surface area contributed by atoms with Crippen molar-refractivity contribution in [2.45, 2.75) is 32.4 Å². The van der Waals surface area contributed by atoms with Crippen molar-refractivity contribution >= 4 is 29.9 Å². The zero-order valence-electron chi connectivity index (χ0n) is 12.9. The summed E-state index contributed by atoms with van der Waals surface area (Å²) in [5, 5.41) is 9.37. The highest BCUT2D eigenvalue weighted by Gasteiger charge is 2.13. The van der Waals surface area contributed by atoms with Crippen molar-refractivity contribution in [3.8, 4) is 0 Å². The Hall–Kier alpha value is -1.64. The second-order valence-electron chi connectivity index (χ2n) is 4.65. The van der Waals surface area contributed by atoms with Crippen LogP contribution in [0.2, 0.25) is 0 Å². The molecule has 0 aromatic carbocycles. The molecule has 0 aliphatic carbocycles. The average molecular weight is 334 g/mol. The lowest BCUT2D eigenvalue weighted by atomic mass is 10.2. The number of nitrogens with two attached hydrogens (primary N) is 1. The van der Waals surface area contributed by atoms with E-state index in [2.05, 4.69) is 15.7 Å². The summed E-state index contributed by atoms with van der Waals surface area (Å²) in [4.78, 5) is 23.3. The fourth-order valence-electron chi connectivity index (χ4n) is 1.69. The molecule has 9 heteroatoms. The second kappa shape index (κ2) is 11.0. The molecule has 1 heterocycles. The van der Waals surface area contributed by atoms with Crippen LogP contribution in [-0.2, 0) is 20.9 Å². The van der Waals surface area contributed by atoms with Gasteiger partial charge in [-0.05, 0) is 6.42 Å². The van der Waals surface area contributed by atoms with E-state index in [1.165, 1.54) is 10.9 Å². The van der Waals surface area contributed by atoms with Gasteiger partial charge in [0.1, 0.15) is 6.54 Å². The normalized spacial score (nSPS) is 11.4. The van der Waals surface area contributed by atoms with Crippen LogP contribution in [0, 0.1) is 0 Å². The molecule has 8 nitrogen and oxygen atoms in total. The Labute approximate surface area is 136 Å². The van der Waals surface area contributed by atoms with E-state index in [9.17, 15) is 9.59 Å². The van der Waals surface area contributed by atoms with Crippen molar-refractivity contribution in [1.29, 1.82) is 0 Å². The maximum atomic E-state index is 11.7. The van der Waals surface area contributed by atoms with E-state index in [1.807, 2.05) is 6.92 Å². The fourth-order valence-corrected chi connectivity index (χ4v) is 1.69. The summed E-state index contributed by atoms with van der Waals surface area (Å²) in [6.07, 6.45) is 4.54. The highest BCUT2D eigenvalue weighted by atomic mass is 35.5. The summed E-state index contributed by atoms with van der Waals surface area (Å²) in [6.45, 7) is 2.96. The van der Waals surface area contributed by atoms with Crippen molar-refractivity contribution in [1.82, 2.24) is 15.1 Å². The number of rotatable bonds is 9. The number of carbonyl (C=O) groups excluding carboxylic acids is 2. The molecule has 0 fully saturated rings. The highest BCUT2D eigenvalue weighted by molar-refractivity contribution is 5.94. The van der Waals surface area contributed by atoms with Crippen LogP contribution >= 0.6 is 12.4 Å². The van der Waals surface area contributed by atoms with Gasteiger partial charge in [0.15, 0.2) is 0 Å². The lowest BCUT2D eigenvalue weighted by molar-refractivity contribution is -0.122. The lowest BCUT2D eigenvalue weighted by Gasteiger charge is -2.09. The van der Waals surface area contributed by atoms with Gasteiger partial charge in [0.25, 0.3) is 0 Å². The van der Waals surface area contributed by atoms with Crippen molar-refractivity contribution in [3.63, 3.8) is 0 Å². The van der Waals surface area contributed by atoms with E-state index in [-0.39, 0.29) is 30.8 Å². The van der Waals surface area contributed by atoms with Crippen LogP contribution in [0.4, 0.5) is 5.69 Å². The number of anilines is 1. The van der Waals surface area contributed by atoms with E-state index in [0.29, 0.717) is 25.3 Å². The minimum Gasteiger partial charge on any atom is -0.383 e. The summed E-state index contributed by atoms with van der Waals surface area (Å²) in [5.74, 6) is -0.420. The standard InChI is InChI=1S/C13H23N5O3.ClH/c1-3-4-11(14)13(20)17-10-7-16-18(8-10)9-12(19)15-5-6-21-2;/h7-8,11H,3-6,9,14H2,1-2H3,(H,15,19)(H,17,20);1H. The summed E-state index contributed by atoms with van der Waals surface area (Å²) in [7, 11) is 1.57. The number of ether oxygens (including phenoxy) is 1. The van der Waals surface area contributed by atoms with Gasteiger partial charge in [0, 0.05) is 19.9 Å². The molecule has 0 aliphatic rings. The first-order chi connectivity index (χ1) is 10.1. The van der Waals surface area contributed by atoms with Gasteiger partial charge in [-0.25, -0.2) is 0 Å². The Morgan fingerprint density at radius 3 is 2.86 bits per heavy atom. The summed E-state index contributed by atoms with van der Waals surface area (Å²) >= 11 is 0. The largest absolute Gasteiger partial charge is 0.383 e. The molecule has 4 N–H and O–H groups in total. The molecule has 1 atom stereocenters. The third-order valence-electron chi connectivity index (χ3n) is 2.77. The highest BCUT2D eigenvalue weighted by Crippen LogP contribution is 2.06. The smallest absolute Gasteiger partial charge is 0.241 e. The van der Waals surface area contributed by atoms with Crippen LogP contribution in [0.3, 0.4) is 0 Å². The summed E-state index contributed by atoms with van der Waals surface area (Å²) in [6, 6.07) is -0.532. The van der Waals surface area contributed by atoms with Crippen molar-refractivity contribution < 1.29 is 14.3 Å². The van der Waals surface area contributed by atoms with E-state index in [4.69, 9.17) is 10.5 Å². The van der Waals surface area contributed by atoms with Gasteiger partial charge in [0.2, 0.25) is 11.8 Å². The predicted molar refractivity (Wildman–Crippen MR) is 85.9 cm³/mol. The number of methoxy groups -OCH3 is 1. The Kier molecular flexibility index (Phi) is 10.2. The number of nitrogens with zero attached hydrogens (tertiary/aromatic N) is 2. The molecule has 1 aromatic rings. The Morgan fingerprint density at radius 1 is 1.50 bits per heavy atom. The maximum absolute atomic E-state index is 11.7. The van der Waals surface area contributed by atoms with E-state index in [0.717, 1.165) is 6.42 Å². The molecule has 1 rings (SSSR count). The fraction of sp³-hybridized carbons (Fsp3) is 0.615. The van der Waals surface area contributed by atoms with Crippen LogP contribution < -0.4 is 16.4 Å². The molecule has 0 saturated carbocycles. The predicted octanol–water partition coefficient (Wildman–Crippen LogP) is 0.133. The molecule has 1 unspecified atom stereocenters. The SMILES string of the molecule is CCCC(N)C(=O)Nc1cnn(CC(=O)NCCOC)c1.Cl. The van der Waals surface area contributed by atoms with Gasteiger partial charge in [-0.15, -0.1) is 12.4 Å². The van der Waals surface area contributed by atoms with Crippen molar-refractivity contribution in [2.24, 2.45) is 5.73 Å². The zero-order valence-corrected chi connectivity index (χ0v) is 13.7. The lowest BCUT2D eigenvalue weighted by Crippen LogP contribution is -2.35. The number of carbonyl (C=O) groups is 2. The number of nitrogens with one attached hydrogen (secondary N) is 2. The van der Waals surface area contributed by atoms with Crippen LogP contribution in [-0.4, -0.2) is 47.9 Å². The van der Waals surface area contributed by atoms with Gasteiger partial charge < -0.3 is 21.1 Å². The number of hydrogen-bond donors (Lipinski definition) is 3. The molecule has 0 aliphatic heterocycles. The molecule has 1 aromatic heterocycles. The molecular formula is C13H24ClN5O3. The van der Waals surface area contributed by atoms with Crippen LogP contribution in [0.5, 0.6) is 0 Å². The Bertz CT molecular complexity index is 466. The molecule has 0 bridgehead atoms. The van der Waals surface area contributed by atoms with Crippen LogP contribution in [0.25, 0.3) is 0 Å². The maximum Gasteiger partial charge on any atom is 0.241 e. The number of aromatic nitrogens is 2. The van der Waals surface area contributed by atoms with Gasteiger partial charge in [-0.2, -0.15) is 5.10 Å². The number of amides is 2. The molecule has 0 saturated heterocycles. The first-order valence-corrected chi connectivity index (χ1v) is 6.91. The second-order valence-corrected chi connectivity index (χ2v) is 4.65. The molecule has 126 valence electrons. The average Bonchev–Trinajstić information content (AvgIpc) is 2.86. The Balaban J connectivity index is 0.00000441. The molecule has 0 spiro atoms. The van der Waals surface area contributed by atoms with Crippen molar-refractivity contribution in [2.75, 3.05) is 25.6 Å². The summed E-state index contributed by atoms with van der Waals surface area (Å²) in [5.41, 5.74) is 6.24.